The maximum Gasteiger partial charge on any atom is 0.109 e. The molecular weight excluding hydrogens is 284 g/mol. The van der Waals surface area contributed by atoms with Crippen LogP contribution in [-0.2, 0) is 6.54 Å². The number of nitrogens with one attached hydrogen (secondary N) is 1. The Morgan fingerprint density at radius 1 is 1.15 bits per heavy atom. The average molecular weight is 300 g/mol. The van der Waals surface area contributed by atoms with Crippen molar-refractivity contribution >= 4 is 22.7 Å². The van der Waals surface area contributed by atoms with E-state index in [1.54, 1.807) is 11.3 Å². The first-order valence-electron chi connectivity index (χ1n) is 6.60. The molecule has 0 bridgehead atoms. The molecule has 1 N–H and O–H groups in total. The maximum atomic E-state index is 4.34. The van der Waals surface area contributed by atoms with Gasteiger partial charge in [-0.15, -0.1) is 22.7 Å². The topological polar surface area (TPSA) is 24.9 Å². The van der Waals surface area contributed by atoms with Crippen molar-refractivity contribution in [2.75, 3.05) is 0 Å². The van der Waals surface area contributed by atoms with Crippen molar-refractivity contribution in [3.63, 3.8) is 0 Å². The lowest BCUT2D eigenvalue weighted by Gasteiger charge is -2.09. The van der Waals surface area contributed by atoms with Gasteiger partial charge in [0.1, 0.15) is 5.01 Å². The van der Waals surface area contributed by atoms with Gasteiger partial charge in [0.25, 0.3) is 0 Å². The summed E-state index contributed by atoms with van der Waals surface area (Å²) in [5, 5.41) is 6.69. The summed E-state index contributed by atoms with van der Waals surface area (Å²) < 4.78 is 0. The predicted octanol–water partition coefficient (Wildman–Crippen LogP) is 4.72. The van der Waals surface area contributed by atoms with Crippen LogP contribution in [0.2, 0.25) is 0 Å². The van der Waals surface area contributed by atoms with Gasteiger partial charge < -0.3 is 5.32 Å². The van der Waals surface area contributed by atoms with Crippen LogP contribution in [0.4, 0.5) is 0 Å². The van der Waals surface area contributed by atoms with E-state index in [1.807, 2.05) is 22.9 Å². The van der Waals surface area contributed by atoms with Gasteiger partial charge in [0.2, 0.25) is 0 Å². The molecule has 0 aliphatic rings. The van der Waals surface area contributed by atoms with Crippen molar-refractivity contribution in [3.8, 4) is 10.4 Å². The molecule has 0 saturated carbocycles. The Morgan fingerprint density at radius 2 is 2.00 bits per heavy atom. The van der Waals surface area contributed by atoms with E-state index in [0.717, 1.165) is 11.6 Å². The lowest BCUT2D eigenvalue weighted by Crippen LogP contribution is -2.17. The maximum absolute atomic E-state index is 4.34. The summed E-state index contributed by atoms with van der Waals surface area (Å²) in [5.41, 5.74) is 1.29. The van der Waals surface area contributed by atoms with E-state index >= 15 is 0 Å². The zero-order chi connectivity index (χ0) is 13.8. The van der Waals surface area contributed by atoms with E-state index in [4.69, 9.17) is 0 Å². The quantitative estimate of drug-likeness (QED) is 0.737. The Kier molecular flexibility index (Phi) is 4.25. The van der Waals surface area contributed by atoms with Crippen molar-refractivity contribution in [1.29, 1.82) is 0 Å². The second kappa shape index (κ2) is 6.31. The van der Waals surface area contributed by atoms with Crippen LogP contribution in [0.3, 0.4) is 0 Å². The molecule has 3 rings (SSSR count). The lowest BCUT2D eigenvalue weighted by atomic mass is 10.2. The summed E-state index contributed by atoms with van der Waals surface area (Å²) in [6.45, 7) is 3.04. The molecular formula is C16H16N2S2. The number of benzene rings is 1. The van der Waals surface area contributed by atoms with Crippen molar-refractivity contribution in [3.05, 3.63) is 63.9 Å². The Morgan fingerprint density at radius 3 is 2.75 bits per heavy atom. The zero-order valence-electron chi connectivity index (χ0n) is 11.2. The molecule has 0 aliphatic heterocycles. The number of thiazole rings is 1. The molecule has 20 heavy (non-hydrogen) atoms. The fraction of sp³-hybridized carbons (Fsp3) is 0.188. The minimum atomic E-state index is 0.303. The van der Waals surface area contributed by atoms with E-state index in [2.05, 4.69) is 59.7 Å². The van der Waals surface area contributed by atoms with E-state index in [9.17, 15) is 0 Å². The van der Waals surface area contributed by atoms with E-state index in [0.29, 0.717) is 6.04 Å². The molecule has 0 aliphatic carbocycles. The Balaban J connectivity index is 1.63. The summed E-state index contributed by atoms with van der Waals surface area (Å²) in [4.78, 5) is 7.02. The highest BCUT2D eigenvalue weighted by Gasteiger charge is 2.08. The number of thiophene rings is 1. The summed E-state index contributed by atoms with van der Waals surface area (Å²) in [6, 6.07) is 15.2. The largest absolute Gasteiger partial charge is 0.303 e. The van der Waals surface area contributed by atoms with Gasteiger partial charge in [0, 0.05) is 27.9 Å². The average Bonchev–Trinajstić information content (AvgIpc) is 3.17. The predicted molar refractivity (Wildman–Crippen MR) is 87.1 cm³/mol. The minimum absolute atomic E-state index is 0.303. The molecule has 1 atom stereocenters. The van der Waals surface area contributed by atoms with Crippen molar-refractivity contribution < 1.29 is 0 Å². The molecule has 0 spiro atoms. The minimum Gasteiger partial charge on any atom is -0.303 e. The van der Waals surface area contributed by atoms with Crippen LogP contribution in [-0.4, -0.2) is 4.98 Å². The Hall–Kier alpha value is -1.49. The summed E-state index contributed by atoms with van der Waals surface area (Å²) in [5.74, 6) is 0. The number of aromatic nitrogens is 1. The number of hydrogen-bond donors (Lipinski definition) is 1. The molecule has 0 amide bonds. The highest BCUT2D eigenvalue weighted by Crippen LogP contribution is 2.28. The lowest BCUT2D eigenvalue weighted by molar-refractivity contribution is 0.576. The van der Waals surface area contributed by atoms with Crippen molar-refractivity contribution in [2.45, 2.75) is 19.5 Å². The van der Waals surface area contributed by atoms with E-state index in [-0.39, 0.29) is 0 Å². The first-order chi connectivity index (χ1) is 9.83. The van der Waals surface area contributed by atoms with Crippen LogP contribution < -0.4 is 5.32 Å². The Bertz CT molecular complexity index is 644. The van der Waals surface area contributed by atoms with Crippen molar-refractivity contribution in [1.82, 2.24) is 10.3 Å². The number of rotatable bonds is 5. The number of nitrogens with zero attached hydrogens (tertiary/aromatic N) is 1. The second-order valence-electron chi connectivity index (χ2n) is 4.60. The molecule has 3 aromatic rings. The van der Waals surface area contributed by atoms with Crippen LogP contribution >= 0.6 is 22.7 Å². The summed E-state index contributed by atoms with van der Waals surface area (Å²) >= 11 is 3.54. The van der Waals surface area contributed by atoms with E-state index in [1.165, 1.54) is 15.3 Å². The van der Waals surface area contributed by atoms with Gasteiger partial charge in [-0.3, -0.25) is 0 Å². The molecule has 1 unspecified atom stereocenters. The number of hydrogen-bond acceptors (Lipinski definition) is 4. The van der Waals surface area contributed by atoms with Crippen LogP contribution in [0.5, 0.6) is 0 Å². The first-order valence-corrected chi connectivity index (χ1v) is 8.29. The smallest absolute Gasteiger partial charge is 0.109 e. The summed E-state index contributed by atoms with van der Waals surface area (Å²) in [7, 11) is 0. The van der Waals surface area contributed by atoms with Crippen LogP contribution in [0, 0.1) is 0 Å². The molecule has 2 aromatic heterocycles. The highest BCUT2D eigenvalue weighted by molar-refractivity contribution is 7.15. The standard InChI is InChI=1S/C16H16N2S2/c1-12(16-17-9-10-19-16)18-11-14-7-8-15(20-14)13-5-3-2-4-6-13/h2-10,12,18H,11H2,1H3. The third-order valence-corrected chi connectivity index (χ3v) is 5.22. The second-order valence-corrected chi connectivity index (χ2v) is 6.70. The third kappa shape index (κ3) is 3.15. The first kappa shape index (κ1) is 13.5. The molecule has 0 radical (unpaired) electrons. The van der Waals surface area contributed by atoms with Gasteiger partial charge in [0.05, 0.1) is 6.04 Å². The van der Waals surface area contributed by atoms with Crippen LogP contribution in [0.25, 0.3) is 10.4 Å². The fourth-order valence-corrected chi connectivity index (χ4v) is 3.65. The van der Waals surface area contributed by atoms with E-state index < -0.39 is 0 Å². The zero-order valence-corrected chi connectivity index (χ0v) is 12.9. The van der Waals surface area contributed by atoms with Crippen LogP contribution in [0.15, 0.2) is 54.0 Å². The van der Waals surface area contributed by atoms with Gasteiger partial charge in [-0.1, -0.05) is 30.3 Å². The molecule has 4 heteroatoms. The SMILES string of the molecule is CC(NCc1ccc(-c2ccccc2)s1)c1nccs1. The monoisotopic (exact) mass is 300 g/mol. The Labute approximate surface area is 127 Å². The summed E-state index contributed by atoms with van der Waals surface area (Å²) in [6.07, 6.45) is 1.86. The highest BCUT2D eigenvalue weighted by atomic mass is 32.1. The molecule has 0 saturated heterocycles. The molecule has 2 heterocycles. The third-order valence-electron chi connectivity index (χ3n) is 3.12. The van der Waals surface area contributed by atoms with Crippen LogP contribution in [0.1, 0.15) is 22.9 Å². The van der Waals surface area contributed by atoms with Crippen molar-refractivity contribution in [2.24, 2.45) is 0 Å². The van der Waals surface area contributed by atoms with Gasteiger partial charge in [0.15, 0.2) is 0 Å². The van der Waals surface area contributed by atoms with Gasteiger partial charge in [-0.05, 0) is 24.6 Å². The molecule has 2 nitrogen and oxygen atoms in total. The fourth-order valence-electron chi connectivity index (χ4n) is 2.02. The molecule has 102 valence electrons. The molecule has 0 fully saturated rings. The van der Waals surface area contributed by atoms with Gasteiger partial charge in [-0.25, -0.2) is 4.98 Å². The normalized spacial score (nSPS) is 12.4. The molecule has 1 aromatic carbocycles. The van der Waals surface area contributed by atoms with Gasteiger partial charge >= 0.3 is 0 Å². The van der Waals surface area contributed by atoms with Gasteiger partial charge in [-0.2, -0.15) is 0 Å².